The normalized spacial score (nSPS) is 15.9. The molecule has 7 nitrogen and oxygen atoms in total. The van der Waals surface area contributed by atoms with Gasteiger partial charge in [0.15, 0.2) is 0 Å². The van der Waals surface area contributed by atoms with E-state index in [0.29, 0.717) is 38.9 Å². The molecule has 1 fully saturated rings. The van der Waals surface area contributed by atoms with E-state index < -0.39 is 5.97 Å². The number of likely N-dealkylation sites (tertiary alicyclic amines) is 1. The molecule has 0 spiro atoms. The number of nitrogens with one attached hydrogen (secondary N) is 2. The van der Waals surface area contributed by atoms with Crippen LogP contribution in [-0.2, 0) is 9.59 Å². The maximum absolute atomic E-state index is 11.8. The number of hydrogen-bond acceptors (Lipinski definition) is 3. The molecule has 0 radical (unpaired) electrons. The Morgan fingerprint density at radius 3 is 2.42 bits per heavy atom. The van der Waals surface area contributed by atoms with Crippen molar-refractivity contribution < 1.29 is 19.5 Å². The number of piperidine rings is 1. The van der Waals surface area contributed by atoms with E-state index in [1.165, 1.54) is 0 Å². The average molecular weight is 271 g/mol. The van der Waals surface area contributed by atoms with Crippen molar-refractivity contribution in [3.8, 4) is 0 Å². The van der Waals surface area contributed by atoms with E-state index in [4.69, 9.17) is 5.11 Å². The van der Waals surface area contributed by atoms with E-state index in [1.807, 2.05) is 0 Å². The quantitative estimate of drug-likeness (QED) is 0.614. The number of amides is 3. The molecule has 0 aromatic heterocycles. The fourth-order valence-electron chi connectivity index (χ4n) is 2.10. The van der Waals surface area contributed by atoms with Crippen LogP contribution in [0.2, 0.25) is 0 Å². The van der Waals surface area contributed by atoms with E-state index in [1.54, 1.807) is 11.9 Å². The third-order valence-electron chi connectivity index (χ3n) is 3.24. The summed E-state index contributed by atoms with van der Waals surface area (Å²) < 4.78 is 0. The van der Waals surface area contributed by atoms with Crippen LogP contribution in [-0.4, -0.2) is 54.6 Å². The third kappa shape index (κ3) is 5.15. The number of carboxylic acid groups (broad SMARTS) is 1. The second-order valence-corrected chi connectivity index (χ2v) is 4.60. The predicted molar refractivity (Wildman–Crippen MR) is 68.6 cm³/mol. The molecule has 0 bridgehead atoms. The summed E-state index contributed by atoms with van der Waals surface area (Å²) in [7, 11) is 1.61. The maximum Gasteiger partial charge on any atom is 0.317 e. The van der Waals surface area contributed by atoms with E-state index >= 15 is 0 Å². The SMILES string of the molecule is CNC(=O)C1CCN(C(=O)NCCCC(=O)O)CC1. The Kier molecular flexibility index (Phi) is 6.11. The summed E-state index contributed by atoms with van der Waals surface area (Å²) in [6.07, 6.45) is 1.82. The number of carbonyl (C=O) groups is 3. The Bertz CT molecular complexity index is 338. The highest BCUT2D eigenvalue weighted by Gasteiger charge is 2.26. The summed E-state index contributed by atoms with van der Waals surface area (Å²) in [6, 6.07) is -0.180. The number of aliphatic carboxylic acids is 1. The molecule has 7 heteroatoms. The minimum atomic E-state index is -0.861. The molecule has 0 saturated carbocycles. The number of urea groups is 1. The predicted octanol–water partition coefficient (Wildman–Crippen LogP) is 0.0188. The van der Waals surface area contributed by atoms with Crippen molar-refractivity contribution in [1.29, 1.82) is 0 Å². The topological polar surface area (TPSA) is 98.7 Å². The van der Waals surface area contributed by atoms with Gasteiger partial charge >= 0.3 is 12.0 Å². The molecule has 0 atom stereocenters. The number of nitrogens with zero attached hydrogens (tertiary/aromatic N) is 1. The minimum Gasteiger partial charge on any atom is -0.481 e. The Labute approximate surface area is 112 Å². The number of hydrogen-bond donors (Lipinski definition) is 3. The van der Waals surface area contributed by atoms with Crippen molar-refractivity contribution in [3.05, 3.63) is 0 Å². The fourth-order valence-corrected chi connectivity index (χ4v) is 2.10. The molecule has 3 N–H and O–H groups in total. The monoisotopic (exact) mass is 271 g/mol. The van der Waals surface area contributed by atoms with Gasteiger partial charge in [-0.2, -0.15) is 0 Å². The Morgan fingerprint density at radius 2 is 1.89 bits per heavy atom. The van der Waals surface area contributed by atoms with E-state index in [2.05, 4.69) is 10.6 Å². The molecule has 0 unspecified atom stereocenters. The summed E-state index contributed by atoms with van der Waals surface area (Å²) in [5, 5.41) is 13.8. The molecule has 1 aliphatic rings. The third-order valence-corrected chi connectivity index (χ3v) is 3.24. The standard InChI is InChI=1S/C12H21N3O4/c1-13-11(18)9-4-7-15(8-5-9)12(19)14-6-2-3-10(16)17/h9H,2-8H2,1H3,(H,13,18)(H,14,19)(H,16,17). The zero-order chi connectivity index (χ0) is 14.3. The molecule has 0 aliphatic carbocycles. The maximum atomic E-state index is 11.8. The molecule has 3 amide bonds. The van der Waals surface area contributed by atoms with Crippen molar-refractivity contribution in [2.75, 3.05) is 26.7 Å². The first-order valence-electron chi connectivity index (χ1n) is 6.50. The molecular formula is C12H21N3O4. The van der Waals surface area contributed by atoms with E-state index in [0.717, 1.165) is 0 Å². The smallest absolute Gasteiger partial charge is 0.317 e. The van der Waals surface area contributed by atoms with Crippen molar-refractivity contribution >= 4 is 17.9 Å². The van der Waals surface area contributed by atoms with Crippen LogP contribution in [0.25, 0.3) is 0 Å². The van der Waals surface area contributed by atoms with E-state index in [9.17, 15) is 14.4 Å². The number of rotatable bonds is 5. The lowest BCUT2D eigenvalue weighted by Gasteiger charge is -2.31. The molecular weight excluding hydrogens is 250 g/mol. The summed E-state index contributed by atoms with van der Waals surface area (Å²) >= 11 is 0. The highest BCUT2D eigenvalue weighted by molar-refractivity contribution is 5.79. The first kappa shape index (κ1) is 15.3. The van der Waals surface area contributed by atoms with Crippen LogP contribution in [0.15, 0.2) is 0 Å². The van der Waals surface area contributed by atoms with Crippen LogP contribution in [0.5, 0.6) is 0 Å². The summed E-state index contributed by atoms with van der Waals surface area (Å²) in [5.41, 5.74) is 0. The Morgan fingerprint density at radius 1 is 1.26 bits per heavy atom. The molecule has 108 valence electrons. The van der Waals surface area contributed by atoms with Gasteiger partial charge in [0.1, 0.15) is 0 Å². The van der Waals surface area contributed by atoms with Crippen molar-refractivity contribution in [1.82, 2.24) is 15.5 Å². The highest BCUT2D eigenvalue weighted by Crippen LogP contribution is 2.17. The van der Waals surface area contributed by atoms with Gasteiger partial charge in [-0.1, -0.05) is 0 Å². The van der Waals surface area contributed by atoms with Crippen LogP contribution in [0.4, 0.5) is 4.79 Å². The second kappa shape index (κ2) is 7.60. The lowest BCUT2D eigenvalue weighted by atomic mass is 9.96. The number of carboxylic acids is 1. The van der Waals surface area contributed by atoms with Crippen LogP contribution in [0, 0.1) is 5.92 Å². The molecule has 1 saturated heterocycles. The first-order valence-corrected chi connectivity index (χ1v) is 6.50. The molecule has 1 heterocycles. The lowest BCUT2D eigenvalue weighted by Crippen LogP contribution is -2.46. The van der Waals surface area contributed by atoms with Gasteiger partial charge in [-0.3, -0.25) is 9.59 Å². The van der Waals surface area contributed by atoms with E-state index in [-0.39, 0.29) is 24.3 Å². The van der Waals surface area contributed by atoms with Crippen LogP contribution >= 0.6 is 0 Å². The zero-order valence-corrected chi connectivity index (χ0v) is 11.1. The molecule has 19 heavy (non-hydrogen) atoms. The number of carbonyl (C=O) groups excluding carboxylic acids is 2. The van der Waals surface area contributed by atoms with Gasteiger partial charge in [0.05, 0.1) is 0 Å². The van der Waals surface area contributed by atoms with Crippen molar-refractivity contribution in [3.63, 3.8) is 0 Å². The van der Waals surface area contributed by atoms with Crippen molar-refractivity contribution in [2.24, 2.45) is 5.92 Å². The lowest BCUT2D eigenvalue weighted by molar-refractivity contribution is -0.137. The van der Waals surface area contributed by atoms with Crippen LogP contribution in [0.1, 0.15) is 25.7 Å². The highest BCUT2D eigenvalue weighted by atomic mass is 16.4. The Balaban J connectivity index is 2.21. The largest absolute Gasteiger partial charge is 0.481 e. The van der Waals surface area contributed by atoms with Gasteiger partial charge in [0.25, 0.3) is 0 Å². The van der Waals surface area contributed by atoms with Gasteiger partial charge in [-0.25, -0.2) is 4.79 Å². The first-order chi connectivity index (χ1) is 9.04. The molecule has 1 rings (SSSR count). The molecule has 0 aromatic rings. The zero-order valence-electron chi connectivity index (χ0n) is 11.1. The summed E-state index contributed by atoms with van der Waals surface area (Å²) in [6.45, 7) is 1.48. The fraction of sp³-hybridized carbons (Fsp3) is 0.750. The minimum absolute atomic E-state index is 0.0129. The van der Waals surface area contributed by atoms with Crippen molar-refractivity contribution in [2.45, 2.75) is 25.7 Å². The van der Waals surface area contributed by atoms with Crippen LogP contribution in [0.3, 0.4) is 0 Å². The molecule has 1 aliphatic heterocycles. The summed E-state index contributed by atoms with van der Waals surface area (Å²) in [5.74, 6) is -0.844. The second-order valence-electron chi connectivity index (χ2n) is 4.60. The Hall–Kier alpha value is -1.79. The van der Waals surface area contributed by atoms with Gasteiger partial charge in [0.2, 0.25) is 5.91 Å². The van der Waals surface area contributed by atoms with Crippen LogP contribution < -0.4 is 10.6 Å². The summed E-state index contributed by atoms with van der Waals surface area (Å²) in [4.78, 5) is 35.2. The molecule has 0 aromatic carbocycles. The van der Waals surface area contributed by atoms with Gasteiger partial charge in [-0.15, -0.1) is 0 Å². The van der Waals surface area contributed by atoms with Gasteiger partial charge in [0, 0.05) is 39.0 Å². The van der Waals surface area contributed by atoms with Gasteiger partial charge < -0.3 is 20.6 Å². The average Bonchev–Trinajstić information content (AvgIpc) is 2.42. The van der Waals surface area contributed by atoms with Gasteiger partial charge in [-0.05, 0) is 19.3 Å².